The van der Waals surface area contributed by atoms with E-state index < -0.39 is 0 Å². The number of amides is 2. The summed E-state index contributed by atoms with van der Waals surface area (Å²) in [7, 11) is 0. The molecule has 1 aliphatic rings. The van der Waals surface area contributed by atoms with Crippen molar-refractivity contribution in [3.8, 4) is 0 Å². The van der Waals surface area contributed by atoms with Crippen LogP contribution in [0.15, 0.2) is 47.1 Å². The molecule has 2 atom stereocenters. The fourth-order valence-electron chi connectivity index (χ4n) is 2.45. The van der Waals surface area contributed by atoms with Crippen LogP contribution in [-0.2, 0) is 16.1 Å². The van der Waals surface area contributed by atoms with E-state index in [0.717, 1.165) is 11.3 Å². The van der Waals surface area contributed by atoms with Crippen LogP contribution in [0.2, 0.25) is 0 Å². The van der Waals surface area contributed by atoms with Crippen LogP contribution in [0, 0.1) is 18.8 Å². The van der Waals surface area contributed by atoms with Gasteiger partial charge in [0.05, 0.1) is 24.6 Å². The number of rotatable bonds is 5. The van der Waals surface area contributed by atoms with Crippen molar-refractivity contribution in [2.75, 3.05) is 5.32 Å². The molecule has 0 bridgehead atoms. The topological polar surface area (TPSA) is 71.3 Å². The Kier molecular flexibility index (Phi) is 3.96. The Morgan fingerprint density at radius 3 is 2.73 bits per heavy atom. The molecule has 0 aliphatic heterocycles. The molecule has 0 radical (unpaired) electrons. The summed E-state index contributed by atoms with van der Waals surface area (Å²) in [6.45, 7) is 2.33. The number of carbonyl (C=O) groups is 2. The Balaban J connectivity index is 1.48. The fourth-order valence-corrected chi connectivity index (χ4v) is 2.45. The standard InChI is InChI=1S/C17H18N2O3/c1-11-4-2-5-12(8-11)19-17(21)15-9-14(15)16(20)18-10-13-6-3-7-22-13/h2-8,14-15H,9-10H2,1H3,(H,18,20)(H,19,21). The summed E-state index contributed by atoms with van der Waals surface area (Å²) < 4.78 is 5.15. The highest BCUT2D eigenvalue weighted by Crippen LogP contribution is 2.39. The molecule has 5 heteroatoms. The van der Waals surface area contributed by atoms with Gasteiger partial charge in [0.2, 0.25) is 11.8 Å². The molecule has 1 heterocycles. The van der Waals surface area contributed by atoms with Gasteiger partial charge in [0, 0.05) is 5.69 Å². The number of aryl methyl sites for hydroxylation is 1. The van der Waals surface area contributed by atoms with E-state index in [0.29, 0.717) is 18.7 Å². The second kappa shape index (κ2) is 6.05. The van der Waals surface area contributed by atoms with Crippen molar-refractivity contribution in [1.82, 2.24) is 5.32 Å². The first kappa shape index (κ1) is 14.4. The lowest BCUT2D eigenvalue weighted by Crippen LogP contribution is -2.26. The zero-order valence-electron chi connectivity index (χ0n) is 12.3. The summed E-state index contributed by atoms with van der Waals surface area (Å²) in [4.78, 5) is 24.1. The van der Waals surface area contributed by atoms with Crippen LogP contribution in [0.5, 0.6) is 0 Å². The Bertz CT molecular complexity index is 679. The number of anilines is 1. The van der Waals surface area contributed by atoms with Crippen molar-refractivity contribution in [3.63, 3.8) is 0 Å². The molecular weight excluding hydrogens is 280 g/mol. The predicted molar refractivity (Wildman–Crippen MR) is 82.0 cm³/mol. The summed E-state index contributed by atoms with van der Waals surface area (Å²) in [5, 5.41) is 5.65. The minimum Gasteiger partial charge on any atom is -0.467 e. The minimum atomic E-state index is -0.239. The van der Waals surface area contributed by atoms with E-state index in [1.165, 1.54) is 0 Å². The quantitative estimate of drug-likeness (QED) is 0.891. The average Bonchev–Trinajstić information content (AvgIpc) is 3.13. The number of nitrogens with one attached hydrogen (secondary N) is 2. The third kappa shape index (κ3) is 3.36. The predicted octanol–water partition coefficient (Wildman–Crippen LogP) is 2.48. The molecule has 114 valence electrons. The maximum Gasteiger partial charge on any atom is 0.228 e. The van der Waals surface area contributed by atoms with Crippen LogP contribution in [-0.4, -0.2) is 11.8 Å². The number of furan rings is 1. The van der Waals surface area contributed by atoms with E-state index >= 15 is 0 Å². The summed E-state index contributed by atoms with van der Waals surface area (Å²) in [6.07, 6.45) is 2.17. The van der Waals surface area contributed by atoms with Crippen LogP contribution in [0.4, 0.5) is 5.69 Å². The fraction of sp³-hybridized carbons (Fsp3) is 0.294. The number of carbonyl (C=O) groups excluding carboxylic acids is 2. The van der Waals surface area contributed by atoms with Gasteiger partial charge < -0.3 is 15.1 Å². The molecule has 2 amide bonds. The van der Waals surface area contributed by atoms with E-state index in [4.69, 9.17) is 4.42 Å². The highest BCUT2D eigenvalue weighted by atomic mass is 16.3. The van der Waals surface area contributed by atoms with Gasteiger partial charge in [0.1, 0.15) is 5.76 Å². The van der Waals surface area contributed by atoms with Crippen molar-refractivity contribution >= 4 is 17.5 Å². The summed E-state index contributed by atoms with van der Waals surface area (Å²) in [6, 6.07) is 11.2. The lowest BCUT2D eigenvalue weighted by Gasteiger charge is -2.06. The number of benzene rings is 1. The Hall–Kier alpha value is -2.56. The maximum absolute atomic E-state index is 12.1. The Morgan fingerprint density at radius 1 is 1.18 bits per heavy atom. The van der Waals surface area contributed by atoms with Gasteiger partial charge in [-0.05, 0) is 43.2 Å². The SMILES string of the molecule is Cc1cccc(NC(=O)C2CC2C(=O)NCc2ccco2)c1. The zero-order valence-corrected chi connectivity index (χ0v) is 12.3. The van der Waals surface area contributed by atoms with Gasteiger partial charge in [-0.3, -0.25) is 9.59 Å². The molecule has 3 rings (SSSR count). The zero-order chi connectivity index (χ0) is 15.5. The third-order valence-electron chi connectivity index (χ3n) is 3.77. The van der Waals surface area contributed by atoms with E-state index in [9.17, 15) is 9.59 Å². The van der Waals surface area contributed by atoms with Gasteiger partial charge in [-0.1, -0.05) is 12.1 Å². The van der Waals surface area contributed by atoms with Gasteiger partial charge in [-0.15, -0.1) is 0 Å². The molecule has 5 nitrogen and oxygen atoms in total. The monoisotopic (exact) mass is 298 g/mol. The summed E-state index contributed by atoms with van der Waals surface area (Å²) in [5.74, 6) is 0.0381. The van der Waals surface area contributed by atoms with Gasteiger partial charge in [0.15, 0.2) is 0 Å². The Labute approximate surface area is 128 Å². The van der Waals surface area contributed by atoms with Gasteiger partial charge in [0.25, 0.3) is 0 Å². The van der Waals surface area contributed by atoms with Gasteiger partial charge in [-0.25, -0.2) is 0 Å². The highest BCUT2D eigenvalue weighted by molar-refractivity contribution is 5.99. The number of hydrogen-bond donors (Lipinski definition) is 2. The summed E-state index contributed by atoms with van der Waals surface area (Å²) >= 11 is 0. The molecule has 2 N–H and O–H groups in total. The summed E-state index contributed by atoms with van der Waals surface area (Å²) in [5.41, 5.74) is 1.85. The molecule has 1 aliphatic carbocycles. The average molecular weight is 298 g/mol. The van der Waals surface area contributed by atoms with Crippen LogP contribution in [0.25, 0.3) is 0 Å². The van der Waals surface area contributed by atoms with Gasteiger partial charge >= 0.3 is 0 Å². The first-order chi connectivity index (χ1) is 10.6. The lowest BCUT2D eigenvalue weighted by molar-refractivity contribution is -0.125. The van der Waals surface area contributed by atoms with Crippen LogP contribution >= 0.6 is 0 Å². The molecule has 1 aromatic carbocycles. The molecule has 0 spiro atoms. The molecular formula is C17H18N2O3. The van der Waals surface area contributed by atoms with Crippen LogP contribution in [0.1, 0.15) is 17.7 Å². The van der Waals surface area contributed by atoms with E-state index in [1.807, 2.05) is 31.2 Å². The molecule has 1 saturated carbocycles. The second-order valence-corrected chi connectivity index (χ2v) is 5.60. The van der Waals surface area contributed by atoms with E-state index in [2.05, 4.69) is 10.6 Å². The molecule has 1 aromatic heterocycles. The Morgan fingerprint density at radius 2 is 2.00 bits per heavy atom. The van der Waals surface area contributed by atoms with Crippen LogP contribution in [0.3, 0.4) is 0 Å². The first-order valence-electron chi connectivity index (χ1n) is 7.31. The molecule has 2 aromatic rings. The van der Waals surface area contributed by atoms with Crippen molar-refractivity contribution < 1.29 is 14.0 Å². The van der Waals surface area contributed by atoms with Crippen molar-refractivity contribution in [3.05, 3.63) is 54.0 Å². The van der Waals surface area contributed by atoms with Crippen LogP contribution < -0.4 is 10.6 Å². The largest absolute Gasteiger partial charge is 0.467 e. The van der Waals surface area contributed by atoms with Crippen molar-refractivity contribution in [2.45, 2.75) is 19.9 Å². The molecule has 0 saturated heterocycles. The normalized spacial score (nSPS) is 19.5. The second-order valence-electron chi connectivity index (χ2n) is 5.60. The molecule has 2 unspecified atom stereocenters. The lowest BCUT2D eigenvalue weighted by atomic mass is 10.2. The van der Waals surface area contributed by atoms with E-state index in [-0.39, 0.29) is 23.7 Å². The molecule has 1 fully saturated rings. The third-order valence-corrected chi connectivity index (χ3v) is 3.77. The van der Waals surface area contributed by atoms with Gasteiger partial charge in [-0.2, -0.15) is 0 Å². The molecule has 22 heavy (non-hydrogen) atoms. The number of hydrogen-bond acceptors (Lipinski definition) is 3. The highest BCUT2D eigenvalue weighted by Gasteiger charge is 2.47. The maximum atomic E-state index is 12.1. The first-order valence-corrected chi connectivity index (χ1v) is 7.31. The van der Waals surface area contributed by atoms with Crippen molar-refractivity contribution in [2.24, 2.45) is 11.8 Å². The van der Waals surface area contributed by atoms with Crippen molar-refractivity contribution in [1.29, 1.82) is 0 Å². The minimum absolute atomic E-state index is 0.0938. The smallest absolute Gasteiger partial charge is 0.228 e. The van der Waals surface area contributed by atoms with E-state index in [1.54, 1.807) is 18.4 Å².